The first-order valence-corrected chi connectivity index (χ1v) is 13.0. The first-order chi connectivity index (χ1) is 17.6. The summed E-state index contributed by atoms with van der Waals surface area (Å²) in [6.07, 6.45) is 5.46. The second kappa shape index (κ2) is 10.9. The zero-order chi connectivity index (χ0) is 24.9. The number of nitrogens with zero attached hydrogens (tertiary/aromatic N) is 2. The van der Waals surface area contributed by atoms with Gasteiger partial charge in [0.05, 0.1) is 24.3 Å². The van der Waals surface area contributed by atoms with Gasteiger partial charge in [0.15, 0.2) is 0 Å². The van der Waals surface area contributed by atoms with E-state index in [4.69, 9.17) is 0 Å². The molecule has 1 fully saturated rings. The van der Waals surface area contributed by atoms with Gasteiger partial charge in [-0.25, -0.2) is 0 Å². The van der Waals surface area contributed by atoms with Gasteiger partial charge in [0.25, 0.3) is 0 Å². The van der Waals surface area contributed by atoms with Crippen molar-refractivity contribution in [2.24, 2.45) is 10.9 Å². The van der Waals surface area contributed by atoms with Crippen molar-refractivity contribution in [3.05, 3.63) is 59.7 Å². The number of rotatable bonds is 7. The van der Waals surface area contributed by atoms with Crippen molar-refractivity contribution >= 4 is 34.9 Å². The van der Waals surface area contributed by atoms with Crippen molar-refractivity contribution in [2.45, 2.75) is 51.0 Å². The van der Waals surface area contributed by atoms with Crippen molar-refractivity contribution < 1.29 is 14.4 Å². The van der Waals surface area contributed by atoms with Crippen LogP contribution in [0.1, 0.15) is 49.7 Å². The first-order valence-electron chi connectivity index (χ1n) is 13.0. The number of hydrogen-bond donors (Lipinski definition) is 3. The Hall–Kier alpha value is -3.68. The highest BCUT2D eigenvalue weighted by Gasteiger charge is 2.40. The lowest BCUT2D eigenvalue weighted by molar-refractivity contribution is -0.129. The van der Waals surface area contributed by atoms with Crippen molar-refractivity contribution in [1.29, 1.82) is 0 Å². The van der Waals surface area contributed by atoms with Gasteiger partial charge < -0.3 is 16.0 Å². The molecule has 1 aliphatic carbocycles. The molecule has 1 atom stereocenters. The Morgan fingerprint density at radius 3 is 2.56 bits per heavy atom. The zero-order valence-corrected chi connectivity index (χ0v) is 20.5. The Balaban J connectivity index is 1.22. The van der Waals surface area contributed by atoms with Gasteiger partial charge in [0.2, 0.25) is 17.7 Å². The summed E-state index contributed by atoms with van der Waals surface area (Å²) in [6.45, 7) is 2.13. The summed E-state index contributed by atoms with van der Waals surface area (Å²) in [7, 11) is 0. The molecule has 2 aromatic rings. The summed E-state index contributed by atoms with van der Waals surface area (Å²) in [4.78, 5) is 45.5. The van der Waals surface area contributed by atoms with Gasteiger partial charge in [-0.3, -0.25) is 24.3 Å². The number of anilines is 2. The topological polar surface area (TPSA) is 103 Å². The number of para-hydroxylation sites is 2. The molecule has 8 nitrogen and oxygen atoms in total. The van der Waals surface area contributed by atoms with Crippen LogP contribution in [0.4, 0.5) is 11.4 Å². The number of carbonyl (C=O) groups excluding carboxylic acids is 3. The van der Waals surface area contributed by atoms with E-state index >= 15 is 0 Å². The number of carbonyl (C=O) groups is 3. The lowest BCUT2D eigenvalue weighted by Crippen LogP contribution is -2.54. The predicted octanol–water partition coefficient (Wildman–Crippen LogP) is 3.02. The quantitative estimate of drug-likeness (QED) is 0.559. The largest absolute Gasteiger partial charge is 0.368 e. The Kier molecular flexibility index (Phi) is 7.30. The molecule has 2 heterocycles. The molecule has 3 amide bonds. The Morgan fingerprint density at radius 2 is 1.81 bits per heavy atom. The number of fused-ring (bicyclic) bond motifs is 1. The SMILES string of the molecule is O=C(CC1C(=O)Nc2ccccc2N1C(=O)C1CCCCC1)NCCc1ccc(C2=NCCN2)cc1. The van der Waals surface area contributed by atoms with Gasteiger partial charge in [0.1, 0.15) is 11.9 Å². The molecule has 3 aliphatic rings. The monoisotopic (exact) mass is 487 g/mol. The second-order valence-electron chi connectivity index (χ2n) is 9.72. The molecule has 5 rings (SSSR count). The normalized spacial score (nSPS) is 19.7. The van der Waals surface area contributed by atoms with Crippen LogP contribution in [-0.2, 0) is 20.8 Å². The van der Waals surface area contributed by atoms with Gasteiger partial charge in [-0.05, 0) is 37.0 Å². The number of benzene rings is 2. The number of amidine groups is 1. The van der Waals surface area contributed by atoms with Crippen LogP contribution in [0.15, 0.2) is 53.5 Å². The number of hydrogen-bond acceptors (Lipinski definition) is 5. The average molecular weight is 488 g/mol. The second-order valence-corrected chi connectivity index (χ2v) is 9.72. The molecule has 1 saturated carbocycles. The fraction of sp³-hybridized carbons (Fsp3) is 0.429. The number of amides is 3. The smallest absolute Gasteiger partial charge is 0.248 e. The van der Waals surface area contributed by atoms with Gasteiger partial charge >= 0.3 is 0 Å². The highest BCUT2D eigenvalue weighted by Crippen LogP contribution is 2.36. The summed E-state index contributed by atoms with van der Waals surface area (Å²) in [5, 5.41) is 9.09. The molecule has 8 heteroatoms. The summed E-state index contributed by atoms with van der Waals surface area (Å²) < 4.78 is 0. The van der Waals surface area contributed by atoms with Crippen LogP contribution in [-0.4, -0.2) is 49.2 Å². The summed E-state index contributed by atoms with van der Waals surface area (Å²) in [5.74, 6) is 0.228. The van der Waals surface area contributed by atoms with E-state index in [1.807, 2.05) is 42.5 Å². The molecule has 0 saturated heterocycles. The third-order valence-corrected chi connectivity index (χ3v) is 7.24. The summed E-state index contributed by atoms with van der Waals surface area (Å²) in [5.41, 5.74) is 3.46. The predicted molar refractivity (Wildman–Crippen MR) is 140 cm³/mol. The Morgan fingerprint density at radius 1 is 1.03 bits per heavy atom. The van der Waals surface area contributed by atoms with Gasteiger partial charge in [-0.15, -0.1) is 0 Å². The maximum atomic E-state index is 13.6. The fourth-order valence-corrected chi connectivity index (χ4v) is 5.31. The third-order valence-electron chi connectivity index (χ3n) is 7.24. The summed E-state index contributed by atoms with van der Waals surface area (Å²) in [6, 6.07) is 14.6. The summed E-state index contributed by atoms with van der Waals surface area (Å²) >= 11 is 0. The molecule has 2 aliphatic heterocycles. The molecular formula is C28H33N5O3. The van der Waals surface area contributed by atoms with Crippen molar-refractivity contribution in [3.63, 3.8) is 0 Å². The molecule has 3 N–H and O–H groups in total. The molecule has 1 unspecified atom stereocenters. The maximum Gasteiger partial charge on any atom is 0.248 e. The van der Waals surface area contributed by atoms with E-state index in [9.17, 15) is 14.4 Å². The maximum absolute atomic E-state index is 13.6. The van der Waals surface area contributed by atoms with Crippen LogP contribution >= 0.6 is 0 Å². The lowest BCUT2D eigenvalue weighted by Gasteiger charge is -2.38. The van der Waals surface area contributed by atoms with E-state index in [1.54, 1.807) is 11.0 Å². The van der Waals surface area contributed by atoms with E-state index in [-0.39, 0.29) is 30.1 Å². The minimum Gasteiger partial charge on any atom is -0.368 e. The van der Waals surface area contributed by atoms with Crippen LogP contribution in [0.25, 0.3) is 0 Å². The van der Waals surface area contributed by atoms with E-state index in [0.29, 0.717) is 24.3 Å². The Labute approximate surface area is 211 Å². The van der Waals surface area contributed by atoms with Crippen LogP contribution in [0, 0.1) is 5.92 Å². The first kappa shape index (κ1) is 24.0. The third kappa shape index (κ3) is 5.27. The van der Waals surface area contributed by atoms with Crippen LogP contribution in [0.2, 0.25) is 0 Å². The van der Waals surface area contributed by atoms with Gasteiger partial charge in [-0.2, -0.15) is 0 Å². The molecule has 0 radical (unpaired) electrons. The van der Waals surface area contributed by atoms with Gasteiger partial charge in [0, 0.05) is 24.6 Å². The highest BCUT2D eigenvalue weighted by molar-refractivity contribution is 6.13. The standard InChI is InChI=1S/C28H33N5O3/c34-25(29-15-14-19-10-12-20(13-11-19)26-30-16-17-31-26)18-24-27(35)32-22-8-4-5-9-23(22)33(24)28(36)21-6-2-1-3-7-21/h4-5,8-13,21,24H,1-3,6-7,14-18H2,(H,29,34)(H,30,31)(H,32,35). The highest BCUT2D eigenvalue weighted by atomic mass is 16.2. The van der Waals surface area contributed by atoms with E-state index in [1.165, 1.54) is 0 Å². The van der Waals surface area contributed by atoms with Crippen LogP contribution in [0.3, 0.4) is 0 Å². The number of aliphatic imine (C=N–C) groups is 1. The minimum absolute atomic E-state index is 0.0451. The molecule has 188 valence electrons. The van der Waals surface area contributed by atoms with Crippen molar-refractivity contribution in [3.8, 4) is 0 Å². The molecule has 36 heavy (non-hydrogen) atoms. The molecular weight excluding hydrogens is 454 g/mol. The molecule has 0 aromatic heterocycles. The fourth-order valence-electron chi connectivity index (χ4n) is 5.31. The van der Waals surface area contributed by atoms with Crippen molar-refractivity contribution in [1.82, 2.24) is 10.6 Å². The van der Waals surface area contributed by atoms with Crippen LogP contribution < -0.4 is 20.9 Å². The van der Waals surface area contributed by atoms with Crippen molar-refractivity contribution in [2.75, 3.05) is 29.9 Å². The average Bonchev–Trinajstić information content (AvgIpc) is 3.45. The molecule has 0 bridgehead atoms. The van der Waals surface area contributed by atoms with Gasteiger partial charge in [-0.1, -0.05) is 55.7 Å². The number of nitrogens with one attached hydrogen (secondary N) is 3. The van der Waals surface area contributed by atoms with E-state index < -0.39 is 6.04 Å². The van der Waals surface area contributed by atoms with E-state index in [0.717, 1.165) is 62.2 Å². The molecule has 2 aromatic carbocycles. The molecule has 0 spiro atoms. The van der Waals surface area contributed by atoms with E-state index in [2.05, 4.69) is 20.9 Å². The lowest BCUT2D eigenvalue weighted by atomic mass is 9.87. The minimum atomic E-state index is -0.853. The van der Waals surface area contributed by atoms with Crippen LogP contribution in [0.5, 0.6) is 0 Å². The Bertz CT molecular complexity index is 1150. The zero-order valence-electron chi connectivity index (χ0n) is 20.5.